The quantitative estimate of drug-likeness (QED) is 0.375. The van der Waals surface area contributed by atoms with E-state index in [1.807, 2.05) is 0 Å². The monoisotopic (exact) mass is 104 g/mol. The van der Waals surface area contributed by atoms with Gasteiger partial charge in [0.1, 0.15) is 13.8 Å². The Balaban J connectivity index is 3.29. The highest BCUT2D eigenvalue weighted by atomic mass is 19.1. The van der Waals surface area contributed by atoms with Crippen molar-refractivity contribution in [2.24, 2.45) is 5.16 Å². The molecule has 0 saturated carbocycles. The van der Waals surface area contributed by atoms with E-state index in [1.54, 1.807) is 0 Å². The molecule has 0 bridgehead atoms. The van der Waals surface area contributed by atoms with Crippen LogP contribution in [0.5, 0.6) is 0 Å². The molecule has 0 unspecified atom stereocenters. The van der Waals surface area contributed by atoms with Gasteiger partial charge in [-0.15, -0.1) is 0 Å². The SMILES string of the molecule is [CH2]C(CF)=NOC. The molecule has 3 heteroatoms. The highest BCUT2D eigenvalue weighted by molar-refractivity contribution is 5.88. The summed E-state index contributed by atoms with van der Waals surface area (Å²) >= 11 is 0. The van der Waals surface area contributed by atoms with Crippen molar-refractivity contribution in [3.63, 3.8) is 0 Å². The molecule has 0 aliphatic rings. The largest absolute Gasteiger partial charge is 0.399 e. The van der Waals surface area contributed by atoms with Gasteiger partial charge in [-0.05, 0) is 6.92 Å². The average molecular weight is 104 g/mol. The van der Waals surface area contributed by atoms with E-state index in [0.29, 0.717) is 0 Å². The van der Waals surface area contributed by atoms with E-state index in [1.165, 1.54) is 7.11 Å². The molecular formula is C4H7FNO. The summed E-state index contributed by atoms with van der Waals surface area (Å²) in [6.45, 7) is 2.55. The minimum Gasteiger partial charge on any atom is -0.399 e. The van der Waals surface area contributed by atoms with Gasteiger partial charge in [-0.3, -0.25) is 0 Å². The second-order valence-corrected chi connectivity index (χ2v) is 0.974. The lowest BCUT2D eigenvalue weighted by Crippen LogP contribution is -1.92. The normalized spacial score (nSPS) is 11.6. The summed E-state index contributed by atoms with van der Waals surface area (Å²) < 4.78 is 11.3. The van der Waals surface area contributed by atoms with E-state index in [9.17, 15) is 4.39 Å². The molecular weight excluding hydrogens is 97.0 g/mol. The molecule has 0 saturated heterocycles. The predicted molar refractivity (Wildman–Crippen MR) is 25.8 cm³/mol. The van der Waals surface area contributed by atoms with Crippen molar-refractivity contribution in [3.05, 3.63) is 6.92 Å². The van der Waals surface area contributed by atoms with Crippen molar-refractivity contribution < 1.29 is 9.23 Å². The maximum Gasteiger partial charge on any atom is 0.131 e. The Morgan fingerprint density at radius 1 is 2.00 bits per heavy atom. The number of oxime groups is 1. The number of hydrogen-bond donors (Lipinski definition) is 0. The zero-order chi connectivity index (χ0) is 5.70. The molecule has 1 radical (unpaired) electrons. The minimum absolute atomic E-state index is 0.113. The molecule has 0 aliphatic heterocycles. The van der Waals surface area contributed by atoms with Gasteiger partial charge in [-0.2, -0.15) is 0 Å². The lowest BCUT2D eigenvalue weighted by molar-refractivity contribution is 0.212. The summed E-state index contributed by atoms with van der Waals surface area (Å²) in [6.07, 6.45) is 0. The predicted octanol–water partition coefficient (Wildman–Crippen LogP) is 0.792. The zero-order valence-corrected chi connectivity index (χ0v) is 4.15. The first-order valence-electron chi connectivity index (χ1n) is 1.79. The van der Waals surface area contributed by atoms with Crippen molar-refractivity contribution >= 4 is 5.71 Å². The zero-order valence-electron chi connectivity index (χ0n) is 4.15. The Kier molecular flexibility index (Phi) is 3.28. The summed E-state index contributed by atoms with van der Waals surface area (Å²) in [5, 5.41) is 3.17. The van der Waals surface area contributed by atoms with E-state index in [4.69, 9.17) is 0 Å². The van der Waals surface area contributed by atoms with Crippen LogP contribution in [-0.2, 0) is 4.84 Å². The summed E-state index contributed by atoms with van der Waals surface area (Å²) in [6, 6.07) is 0. The van der Waals surface area contributed by atoms with Gasteiger partial charge in [0.2, 0.25) is 0 Å². The summed E-state index contributed by atoms with van der Waals surface area (Å²) in [5.74, 6) is 0. The smallest absolute Gasteiger partial charge is 0.131 e. The van der Waals surface area contributed by atoms with Gasteiger partial charge < -0.3 is 4.84 Å². The van der Waals surface area contributed by atoms with Crippen LogP contribution >= 0.6 is 0 Å². The number of nitrogens with zero attached hydrogens (tertiary/aromatic N) is 1. The third-order valence-corrected chi connectivity index (χ3v) is 0.375. The molecule has 0 fully saturated rings. The number of alkyl halides is 1. The van der Waals surface area contributed by atoms with Gasteiger partial charge in [0.25, 0.3) is 0 Å². The molecule has 0 atom stereocenters. The van der Waals surface area contributed by atoms with E-state index < -0.39 is 6.67 Å². The van der Waals surface area contributed by atoms with Gasteiger partial charge in [-0.1, -0.05) is 5.16 Å². The van der Waals surface area contributed by atoms with E-state index >= 15 is 0 Å². The van der Waals surface area contributed by atoms with Crippen molar-refractivity contribution in [1.82, 2.24) is 0 Å². The van der Waals surface area contributed by atoms with Gasteiger partial charge in [-0.25, -0.2) is 4.39 Å². The average Bonchev–Trinajstić information content (AvgIpc) is 1.68. The Bertz CT molecular complexity index is 72.1. The molecule has 41 valence electrons. The summed E-state index contributed by atoms with van der Waals surface area (Å²) in [4.78, 5) is 4.18. The Morgan fingerprint density at radius 3 is 2.71 bits per heavy atom. The molecule has 2 nitrogen and oxygen atoms in total. The standard InChI is InChI=1S/C4H7FNO/c1-4(3-5)6-7-2/h1,3H2,2H3. The fourth-order valence-corrected chi connectivity index (χ4v) is 0.153. The maximum atomic E-state index is 11.3. The molecule has 7 heavy (non-hydrogen) atoms. The number of halogens is 1. The number of rotatable bonds is 2. The molecule has 0 N–H and O–H groups in total. The van der Waals surface area contributed by atoms with Crippen molar-refractivity contribution in [1.29, 1.82) is 0 Å². The highest BCUT2D eigenvalue weighted by Gasteiger charge is 1.83. The van der Waals surface area contributed by atoms with Crippen LogP contribution in [0.4, 0.5) is 4.39 Å². The molecule has 0 aromatic heterocycles. The van der Waals surface area contributed by atoms with Crippen LogP contribution in [0.3, 0.4) is 0 Å². The lowest BCUT2D eigenvalue weighted by atomic mass is 10.5. The molecule has 0 heterocycles. The Labute approximate surface area is 42.0 Å². The third kappa shape index (κ3) is 3.22. The van der Waals surface area contributed by atoms with Gasteiger partial charge >= 0.3 is 0 Å². The first-order valence-corrected chi connectivity index (χ1v) is 1.79. The Morgan fingerprint density at radius 2 is 2.57 bits per heavy atom. The van der Waals surface area contributed by atoms with Crippen LogP contribution in [0, 0.1) is 6.92 Å². The summed E-state index contributed by atoms with van der Waals surface area (Å²) in [5.41, 5.74) is 0.113. The van der Waals surface area contributed by atoms with Gasteiger partial charge in [0, 0.05) is 0 Å². The van der Waals surface area contributed by atoms with Crippen LogP contribution in [0.15, 0.2) is 5.16 Å². The Hall–Kier alpha value is -0.600. The van der Waals surface area contributed by atoms with Crippen molar-refractivity contribution in [3.8, 4) is 0 Å². The van der Waals surface area contributed by atoms with Crippen LogP contribution < -0.4 is 0 Å². The fraction of sp³-hybridized carbons (Fsp3) is 0.500. The van der Waals surface area contributed by atoms with Crippen LogP contribution in [0.25, 0.3) is 0 Å². The lowest BCUT2D eigenvalue weighted by Gasteiger charge is -1.86. The molecule has 0 rings (SSSR count). The third-order valence-electron chi connectivity index (χ3n) is 0.375. The maximum absolute atomic E-state index is 11.3. The molecule has 0 aliphatic carbocycles. The van der Waals surface area contributed by atoms with Crippen LogP contribution in [0.1, 0.15) is 0 Å². The van der Waals surface area contributed by atoms with E-state index in [-0.39, 0.29) is 5.71 Å². The first kappa shape index (κ1) is 6.40. The molecule has 0 aromatic carbocycles. The van der Waals surface area contributed by atoms with Gasteiger partial charge in [0.05, 0.1) is 5.71 Å². The van der Waals surface area contributed by atoms with Crippen LogP contribution in [0.2, 0.25) is 0 Å². The first-order chi connectivity index (χ1) is 3.31. The topological polar surface area (TPSA) is 21.6 Å². The number of hydrogen-bond acceptors (Lipinski definition) is 2. The second-order valence-electron chi connectivity index (χ2n) is 0.974. The summed E-state index contributed by atoms with van der Waals surface area (Å²) in [7, 11) is 1.35. The molecule has 0 amide bonds. The van der Waals surface area contributed by atoms with Crippen molar-refractivity contribution in [2.45, 2.75) is 0 Å². The van der Waals surface area contributed by atoms with Crippen molar-refractivity contribution in [2.75, 3.05) is 13.8 Å². The second kappa shape index (κ2) is 3.59. The molecule has 0 spiro atoms. The highest BCUT2D eigenvalue weighted by Crippen LogP contribution is 1.76. The fourth-order valence-electron chi connectivity index (χ4n) is 0.153. The van der Waals surface area contributed by atoms with E-state index in [2.05, 4.69) is 16.9 Å². The van der Waals surface area contributed by atoms with E-state index in [0.717, 1.165) is 0 Å². The molecule has 0 aromatic rings. The van der Waals surface area contributed by atoms with Gasteiger partial charge in [0.15, 0.2) is 0 Å². The van der Waals surface area contributed by atoms with Crippen LogP contribution in [-0.4, -0.2) is 19.5 Å². The minimum atomic E-state index is -0.645.